The SMILES string of the molecule is C=C[C@]1(C)C[C@@H](OC(=O)CSC2CC3CCC(C2)N3C)[C@]2(C)CC[C@@H](C)[C@@]3(CCC(=O)[C@@H]23)[C@@H](C)[C@@H]1O. The molecule has 5 nitrogen and oxygen atoms in total. The first-order chi connectivity index (χ1) is 17.0. The number of hydrogen-bond donors (Lipinski definition) is 1. The fourth-order valence-electron chi connectivity index (χ4n) is 9.54. The van der Waals surface area contributed by atoms with Crippen molar-refractivity contribution < 1.29 is 19.4 Å². The molecule has 0 aromatic rings. The quantitative estimate of drug-likeness (QED) is 0.397. The summed E-state index contributed by atoms with van der Waals surface area (Å²) in [6.45, 7) is 12.8. The molecule has 0 aromatic heterocycles. The van der Waals surface area contributed by atoms with E-state index in [-0.39, 0.29) is 23.2 Å². The minimum Gasteiger partial charge on any atom is -0.461 e. The van der Waals surface area contributed by atoms with Crippen LogP contribution in [0.3, 0.4) is 0 Å². The largest absolute Gasteiger partial charge is 0.461 e. The number of fused-ring (bicyclic) bond motifs is 2. The highest BCUT2D eigenvalue weighted by atomic mass is 32.2. The summed E-state index contributed by atoms with van der Waals surface area (Å²) in [6.07, 6.45) is 9.51. The van der Waals surface area contributed by atoms with Gasteiger partial charge in [-0.1, -0.05) is 33.8 Å². The highest BCUT2D eigenvalue weighted by molar-refractivity contribution is 8.00. The zero-order valence-corrected chi connectivity index (χ0v) is 23.8. The number of thioether (sulfide) groups is 1. The van der Waals surface area contributed by atoms with Gasteiger partial charge in [0.25, 0.3) is 0 Å². The minimum absolute atomic E-state index is 0.0152. The van der Waals surface area contributed by atoms with Crippen LogP contribution in [0.2, 0.25) is 0 Å². The number of ether oxygens (including phenoxy) is 1. The first-order valence-electron chi connectivity index (χ1n) is 14.3. The standard InChI is InChI=1S/C30H47NO4S/c1-7-28(4)16-24(35-25(33)17-36-22-14-20-8-9-21(15-22)31(20)6)29(5)12-10-18(2)30(19(3)27(28)34)13-11-23(32)26(29)30/h7,18-22,24,26-27,34H,1,8-17H2,2-6H3/t18-,19+,20?,21?,22?,24-,26+,27+,28-,29+,30+/m1/s1. The third-order valence-electron chi connectivity index (χ3n) is 11.9. The molecule has 10 atom stereocenters. The molecule has 2 saturated heterocycles. The van der Waals surface area contributed by atoms with Crippen LogP contribution < -0.4 is 0 Å². The Morgan fingerprint density at radius 2 is 1.86 bits per heavy atom. The van der Waals surface area contributed by atoms with Gasteiger partial charge in [0.1, 0.15) is 11.9 Å². The fourth-order valence-corrected chi connectivity index (χ4v) is 10.7. The zero-order valence-electron chi connectivity index (χ0n) is 23.0. The normalized spacial score (nSPS) is 50.8. The topological polar surface area (TPSA) is 66.8 Å². The molecule has 202 valence electrons. The fraction of sp³-hybridized carbons (Fsp3) is 0.867. The lowest BCUT2D eigenvalue weighted by Crippen LogP contribution is -2.63. The molecule has 5 fully saturated rings. The molecule has 0 aromatic carbocycles. The monoisotopic (exact) mass is 517 g/mol. The molecule has 6 heteroatoms. The predicted molar refractivity (Wildman–Crippen MR) is 145 cm³/mol. The van der Waals surface area contributed by atoms with E-state index in [1.807, 2.05) is 6.08 Å². The van der Waals surface area contributed by atoms with Gasteiger partial charge in [0.05, 0.1) is 11.9 Å². The molecule has 3 saturated carbocycles. The van der Waals surface area contributed by atoms with E-state index in [2.05, 4.69) is 46.2 Å². The van der Waals surface area contributed by atoms with Gasteiger partial charge in [0, 0.05) is 40.5 Å². The number of piperidine rings is 1. The zero-order chi connectivity index (χ0) is 26.0. The number of hydrogen-bond acceptors (Lipinski definition) is 6. The second-order valence-corrected chi connectivity index (χ2v) is 14.8. The molecule has 5 rings (SSSR count). The number of Topliss-reactive ketones (excluding diaryl/α,β-unsaturated/α-hetero) is 1. The molecule has 4 bridgehead atoms. The summed E-state index contributed by atoms with van der Waals surface area (Å²) >= 11 is 1.76. The Morgan fingerprint density at radius 3 is 2.50 bits per heavy atom. The maximum Gasteiger partial charge on any atom is 0.316 e. The first-order valence-corrected chi connectivity index (χ1v) is 15.4. The van der Waals surface area contributed by atoms with Crippen molar-refractivity contribution >= 4 is 23.5 Å². The number of rotatable bonds is 5. The summed E-state index contributed by atoms with van der Waals surface area (Å²) in [4.78, 5) is 29.4. The average molecular weight is 518 g/mol. The van der Waals surface area contributed by atoms with Gasteiger partial charge in [0.2, 0.25) is 0 Å². The van der Waals surface area contributed by atoms with Crippen molar-refractivity contribution in [3.8, 4) is 0 Å². The number of nitrogens with zero attached hydrogens (tertiary/aromatic N) is 1. The van der Waals surface area contributed by atoms with Crippen molar-refractivity contribution in [2.45, 2.75) is 115 Å². The van der Waals surface area contributed by atoms with Crippen LogP contribution in [-0.2, 0) is 14.3 Å². The first kappa shape index (κ1) is 26.7. The van der Waals surface area contributed by atoms with Crippen LogP contribution in [0.1, 0.15) is 85.5 Å². The Labute approximate surface area is 222 Å². The van der Waals surface area contributed by atoms with Gasteiger partial charge in [-0.15, -0.1) is 18.3 Å². The van der Waals surface area contributed by atoms with E-state index in [0.29, 0.717) is 47.6 Å². The second kappa shape index (κ2) is 9.41. The van der Waals surface area contributed by atoms with Gasteiger partial charge >= 0.3 is 5.97 Å². The highest BCUT2D eigenvalue weighted by Crippen LogP contribution is 2.68. The van der Waals surface area contributed by atoms with Crippen molar-refractivity contribution in [1.82, 2.24) is 4.90 Å². The van der Waals surface area contributed by atoms with Crippen molar-refractivity contribution in [3.63, 3.8) is 0 Å². The van der Waals surface area contributed by atoms with E-state index in [0.717, 1.165) is 32.1 Å². The molecule has 0 amide bonds. The van der Waals surface area contributed by atoms with Crippen molar-refractivity contribution in [3.05, 3.63) is 12.7 Å². The smallest absolute Gasteiger partial charge is 0.316 e. The molecule has 5 aliphatic rings. The number of ketones is 1. The van der Waals surface area contributed by atoms with E-state index in [9.17, 15) is 14.7 Å². The summed E-state index contributed by atoms with van der Waals surface area (Å²) in [7, 11) is 2.24. The maximum atomic E-state index is 13.5. The van der Waals surface area contributed by atoms with Gasteiger partial charge < -0.3 is 14.7 Å². The molecule has 36 heavy (non-hydrogen) atoms. The number of esters is 1. The Balaban J connectivity index is 1.38. The molecule has 1 N–H and O–H groups in total. The van der Waals surface area contributed by atoms with Crippen LogP contribution in [0.25, 0.3) is 0 Å². The van der Waals surface area contributed by atoms with Gasteiger partial charge in [-0.05, 0) is 75.7 Å². The Kier molecular flexibility index (Phi) is 6.99. The van der Waals surface area contributed by atoms with E-state index in [4.69, 9.17) is 4.74 Å². The Morgan fingerprint density at radius 1 is 1.19 bits per heavy atom. The number of carbonyl (C=O) groups excluding carboxylic acids is 2. The van der Waals surface area contributed by atoms with Crippen molar-refractivity contribution in [2.24, 2.45) is 34.0 Å². The van der Waals surface area contributed by atoms with Gasteiger partial charge in [-0.3, -0.25) is 9.59 Å². The summed E-state index contributed by atoms with van der Waals surface area (Å²) in [6, 6.07) is 1.31. The Hall–Kier alpha value is -0.850. The van der Waals surface area contributed by atoms with Crippen LogP contribution in [-0.4, -0.2) is 64.1 Å². The van der Waals surface area contributed by atoms with Crippen LogP contribution in [0, 0.1) is 34.0 Å². The molecule has 2 aliphatic heterocycles. The molecule has 0 radical (unpaired) electrons. The summed E-state index contributed by atoms with van der Waals surface area (Å²) in [5.41, 5.74) is -1.24. The summed E-state index contributed by atoms with van der Waals surface area (Å²) in [5.74, 6) is 0.681. The van der Waals surface area contributed by atoms with E-state index in [1.165, 1.54) is 12.8 Å². The van der Waals surface area contributed by atoms with Crippen LogP contribution >= 0.6 is 11.8 Å². The molecule has 3 aliphatic carbocycles. The van der Waals surface area contributed by atoms with Crippen molar-refractivity contribution in [2.75, 3.05) is 12.8 Å². The molecule has 2 unspecified atom stereocenters. The number of carbonyl (C=O) groups is 2. The van der Waals surface area contributed by atoms with Crippen molar-refractivity contribution in [1.29, 1.82) is 0 Å². The number of aliphatic hydroxyl groups excluding tert-OH is 1. The molecule has 2 heterocycles. The lowest BCUT2D eigenvalue weighted by Gasteiger charge is -2.62. The van der Waals surface area contributed by atoms with Gasteiger partial charge in [0.15, 0.2) is 0 Å². The minimum atomic E-state index is -0.626. The van der Waals surface area contributed by atoms with E-state index >= 15 is 0 Å². The highest BCUT2D eigenvalue weighted by Gasteiger charge is 2.68. The lowest BCUT2D eigenvalue weighted by atomic mass is 9.43. The molecular weight excluding hydrogens is 470 g/mol. The van der Waals surface area contributed by atoms with E-state index in [1.54, 1.807) is 11.8 Å². The summed E-state index contributed by atoms with van der Waals surface area (Å²) in [5, 5.41) is 12.2. The molecular formula is C30H47NO4S. The van der Waals surface area contributed by atoms with Gasteiger partial charge in [-0.25, -0.2) is 0 Å². The second-order valence-electron chi connectivity index (χ2n) is 13.5. The number of aliphatic hydroxyl groups is 1. The third kappa shape index (κ3) is 3.95. The molecule has 0 spiro atoms. The van der Waals surface area contributed by atoms with E-state index < -0.39 is 23.0 Å². The average Bonchev–Trinajstić information content (AvgIpc) is 3.30. The van der Waals surface area contributed by atoms with Crippen LogP contribution in [0.5, 0.6) is 0 Å². The summed E-state index contributed by atoms with van der Waals surface area (Å²) < 4.78 is 6.39. The predicted octanol–water partition coefficient (Wildman–Crippen LogP) is 5.25. The van der Waals surface area contributed by atoms with Gasteiger partial charge in [-0.2, -0.15) is 0 Å². The van der Waals surface area contributed by atoms with Crippen LogP contribution in [0.15, 0.2) is 12.7 Å². The third-order valence-corrected chi connectivity index (χ3v) is 13.2. The maximum absolute atomic E-state index is 13.5. The van der Waals surface area contributed by atoms with Crippen LogP contribution in [0.4, 0.5) is 0 Å². The lowest BCUT2D eigenvalue weighted by molar-refractivity contribution is -0.203. The Bertz CT molecular complexity index is 895.